The van der Waals surface area contributed by atoms with Crippen molar-refractivity contribution in [3.63, 3.8) is 0 Å². The minimum Gasteiger partial charge on any atom is -0.377 e. The van der Waals surface area contributed by atoms with Gasteiger partial charge >= 0.3 is 6.03 Å². The number of ether oxygens (including phenoxy) is 1. The summed E-state index contributed by atoms with van der Waals surface area (Å²) in [5, 5.41) is 6.01. The number of hydrogen-bond donors (Lipinski definition) is 2. The lowest BCUT2D eigenvalue weighted by Crippen LogP contribution is -2.67. The summed E-state index contributed by atoms with van der Waals surface area (Å²) >= 11 is 0. The maximum absolute atomic E-state index is 12.1. The van der Waals surface area contributed by atoms with Gasteiger partial charge in [0.05, 0.1) is 6.10 Å². The summed E-state index contributed by atoms with van der Waals surface area (Å²) in [7, 11) is 0. The van der Waals surface area contributed by atoms with Crippen LogP contribution in [0.4, 0.5) is 4.79 Å². The fourth-order valence-electron chi connectivity index (χ4n) is 3.59. The maximum atomic E-state index is 12.1. The minimum atomic E-state index is -0.112. The molecule has 2 fully saturated rings. The van der Waals surface area contributed by atoms with Crippen LogP contribution in [0.1, 0.15) is 31.5 Å². The van der Waals surface area contributed by atoms with E-state index in [9.17, 15) is 4.79 Å². The van der Waals surface area contributed by atoms with Gasteiger partial charge in [-0.25, -0.2) is 4.79 Å². The number of hydrogen-bond acceptors (Lipinski definition) is 3. The van der Waals surface area contributed by atoms with E-state index in [1.54, 1.807) is 6.20 Å². The number of nitrogens with one attached hydrogen (secondary N) is 2. The third-order valence-electron chi connectivity index (χ3n) is 4.81. The molecule has 0 aromatic carbocycles. The van der Waals surface area contributed by atoms with E-state index in [2.05, 4.69) is 29.5 Å². The molecule has 1 aromatic rings. The smallest absolute Gasteiger partial charge is 0.315 e. The van der Waals surface area contributed by atoms with Crippen molar-refractivity contribution in [2.24, 2.45) is 11.3 Å². The van der Waals surface area contributed by atoms with Crippen molar-refractivity contribution < 1.29 is 9.53 Å². The van der Waals surface area contributed by atoms with Gasteiger partial charge < -0.3 is 15.4 Å². The zero-order chi connectivity index (χ0) is 15.0. The Labute approximate surface area is 125 Å². The second-order valence-electron chi connectivity index (χ2n) is 6.68. The first-order valence-electron chi connectivity index (χ1n) is 7.56. The van der Waals surface area contributed by atoms with Crippen LogP contribution in [-0.4, -0.2) is 29.8 Å². The average Bonchev–Trinajstić information content (AvgIpc) is 2.91. The first-order valence-corrected chi connectivity index (χ1v) is 7.56. The zero-order valence-electron chi connectivity index (χ0n) is 12.8. The molecule has 21 heavy (non-hydrogen) atoms. The molecule has 2 N–H and O–H groups in total. The molecule has 1 saturated heterocycles. The third kappa shape index (κ3) is 2.62. The van der Waals surface area contributed by atoms with Crippen molar-refractivity contribution in [1.82, 2.24) is 15.6 Å². The summed E-state index contributed by atoms with van der Waals surface area (Å²) in [6.07, 6.45) is 3.13. The Morgan fingerprint density at radius 1 is 1.48 bits per heavy atom. The molecule has 0 unspecified atom stereocenters. The van der Waals surface area contributed by atoms with E-state index in [0.717, 1.165) is 24.3 Å². The molecule has 2 heterocycles. The number of carbonyl (C=O) groups excluding carboxylic acids is 1. The Balaban J connectivity index is 1.51. The number of carbonyl (C=O) groups is 1. The predicted molar refractivity (Wildman–Crippen MR) is 79.8 cm³/mol. The lowest BCUT2D eigenvalue weighted by atomic mass is 9.57. The fourth-order valence-corrected chi connectivity index (χ4v) is 3.59. The van der Waals surface area contributed by atoms with Crippen molar-refractivity contribution in [2.75, 3.05) is 6.61 Å². The van der Waals surface area contributed by atoms with Crippen molar-refractivity contribution >= 4 is 6.03 Å². The van der Waals surface area contributed by atoms with E-state index in [-0.39, 0.29) is 17.5 Å². The first-order chi connectivity index (χ1) is 9.98. The number of pyridine rings is 1. The maximum Gasteiger partial charge on any atom is 0.315 e. The number of urea groups is 1. The normalized spacial score (nSPS) is 29.4. The molecule has 0 bridgehead atoms. The molecular formula is C16H23N3O2. The first kappa shape index (κ1) is 14.3. The average molecular weight is 289 g/mol. The van der Waals surface area contributed by atoms with E-state index in [1.807, 2.05) is 19.1 Å². The molecule has 3 atom stereocenters. The fraction of sp³-hybridized carbons (Fsp3) is 0.625. The molecule has 1 aromatic heterocycles. The standard InChI is InChI=1S/C16H23N3O2/c1-10-4-5-11(8-17-10)9-18-15(20)19-13-12-6-7-21-14(12)16(13,2)3/h4-5,8,12-14H,6-7,9H2,1-3H3,(H2,18,19,20)/t12-,13-,14+/m1/s1. The van der Waals surface area contributed by atoms with Crippen LogP contribution in [0.2, 0.25) is 0 Å². The molecule has 114 valence electrons. The second kappa shape index (κ2) is 5.30. The molecule has 1 aliphatic carbocycles. The highest BCUT2D eigenvalue weighted by Crippen LogP contribution is 2.51. The molecular weight excluding hydrogens is 266 g/mol. The van der Waals surface area contributed by atoms with Gasteiger partial charge in [0.1, 0.15) is 0 Å². The van der Waals surface area contributed by atoms with Crippen LogP contribution in [0.15, 0.2) is 18.3 Å². The third-order valence-corrected chi connectivity index (χ3v) is 4.81. The van der Waals surface area contributed by atoms with Crippen molar-refractivity contribution in [3.05, 3.63) is 29.6 Å². The van der Waals surface area contributed by atoms with Gasteiger partial charge in [-0.3, -0.25) is 4.98 Å². The number of fused-ring (bicyclic) bond motifs is 1. The summed E-state index contributed by atoms with van der Waals surface area (Å²) in [6, 6.07) is 4.02. The van der Waals surface area contributed by atoms with Gasteiger partial charge in [-0.05, 0) is 25.0 Å². The quantitative estimate of drug-likeness (QED) is 0.894. The molecule has 0 spiro atoms. The molecule has 5 heteroatoms. The van der Waals surface area contributed by atoms with Crippen LogP contribution in [0.25, 0.3) is 0 Å². The molecule has 2 aliphatic rings. The monoisotopic (exact) mass is 289 g/mol. The Hall–Kier alpha value is -1.62. The van der Waals surface area contributed by atoms with Crippen molar-refractivity contribution in [2.45, 2.75) is 45.9 Å². The highest BCUT2D eigenvalue weighted by molar-refractivity contribution is 5.74. The van der Waals surface area contributed by atoms with Gasteiger partial charge in [0.25, 0.3) is 0 Å². The lowest BCUT2D eigenvalue weighted by molar-refractivity contribution is -0.108. The molecule has 3 rings (SSSR count). The number of aromatic nitrogens is 1. The van der Waals surface area contributed by atoms with Gasteiger partial charge in [-0.2, -0.15) is 0 Å². The summed E-state index contributed by atoms with van der Waals surface area (Å²) < 4.78 is 5.74. The Kier molecular flexibility index (Phi) is 3.61. The van der Waals surface area contributed by atoms with Crippen molar-refractivity contribution in [1.29, 1.82) is 0 Å². The lowest BCUT2D eigenvalue weighted by Gasteiger charge is -2.54. The van der Waals surface area contributed by atoms with Crippen LogP contribution < -0.4 is 10.6 Å². The van der Waals surface area contributed by atoms with Gasteiger partial charge in [0.2, 0.25) is 0 Å². The van der Waals surface area contributed by atoms with E-state index in [1.165, 1.54) is 0 Å². The van der Waals surface area contributed by atoms with E-state index >= 15 is 0 Å². The van der Waals surface area contributed by atoms with E-state index in [0.29, 0.717) is 18.6 Å². The summed E-state index contributed by atoms with van der Waals surface area (Å²) in [4.78, 5) is 16.3. The summed E-state index contributed by atoms with van der Waals surface area (Å²) in [6.45, 7) is 7.58. The van der Waals surface area contributed by atoms with Gasteiger partial charge in [-0.1, -0.05) is 19.9 Å². The predicted octanol–water partition coefficient (Wildman–Crippen LogP) is 2.00. The summed E-state index contributed by atoms with van der Waals surface area (Å²) in [5.74, 6) is 0.465. The second-order valence-corrected chi connectivity index (χ2v) is 6.68. The highest BCUT2D eigenvalue weighted by atomic mass is 16.5. The number of rotatable bonds is 3. The number of aryl methyl sites for hydroxylation is 1. The molecule has 1 saturated carbocycles. The molecule has 0 radical (unpaired) electrons. The van der Waals surface area contributed by atoms with Crippen LogP contribution in [-0.2, 0) is 11.3 Å². The molecule has 5 nitrogen and oxygen atoms in total. The van der Waals surface area contributed by atoms with Gasteiger partial charge in [0, 0.05) is 42.4 Å². The van der Waals surface area contributed by atoms with E-state index < -0.39 is 0 Å². The molecule has 1 aliphatic heterocycles. The Morgan fingerprint density at radius 3 is 3.00 bits per heavy atom. The van der Waals surface area contributed by atoms with E-state index in [4.69, 9.17) is 4.74 Å². The number of amides is 2. The van der Waals surface area contributed by atoms with Gasteiger partial charge in [-0.15, -0.1) is 0 Å². The topological polar surface area (TPSA) is 63.2 Å². The SMILES string of the molecule is Cc1ccc(CNC(=O)N[C@@H]2[C@H]3CCO[C@@H]3C2(C)C)cn1. The Morgan fingerprint density at radius 2 is 2.29 bits per heavy atom. The highest BCUT2D eigenvalue weighted by Gasteiger charge is 2.59. The van der Waals surface area contributed by atoms with Crippen LogP contribution in [0.5, 0.6) is 0 Å². The zero-order valence-corrected chi connectivity index (χ0v) is 12.8. The van der Waals surface area contributed by atoms with Crippen LogP contribution in [0.3, 0.4) is 0 Å². The Bertz CT molecular complexity index is 527. The van der Waals surface area contributed by atoms with Crippen LogP contribution >= 0.6 is 0 Å². The van der Waals surface area contributed by atoms with Crippen molar-refractivity contribution in [3.8, 4) is 0 Å². The largest absolute Gasteiger partial charge is 0.377 e. The number of nitrogens with zero attached hydrogens (tertiary/aromatic N) is 1. The molecule has 2 amide bonds. The van der Waals surface area contributed by atoms with Crippen LogP contribution in [0, 0.1) is 18.3 Å². The minimum absolute atomic E-state index is 0.0178. The summed E-state index contributed by atoms with van der Waals surface area (Å²) in [5.41, 5.74) is 2.00. The van der Waals surface area contributed by atoms with Gasteiger partial charge in [0.15, 0.2) is 0 Å².